The molecule has 19 heavy (non-hydrogen) atoms. The van der Waals surface area contributed by atoms with E-state index in [1.165, 1.54) is 0 Å². The summed E-state index contributed by atoms with van der Waals surface area (Å²) in [6, 6.07) is 0. The second-order valence-electron chi connectivity index (χ2n) is 9.39. The van der Waals surface area contributed by atoms with Crippen LogP contribution >= 0.6 is 0 Å². The van der Waals surface area contributed by atoms with Crippen LogP contribution in [0, 0.1) is 10.8 Å². The van der Waals surface area contributed by atoms with Crippen molar-refractivity contribution in [3.05, 3.63) is 0 Å². The highest BCUT2D eigenvalue weighted by Crippen LogP contribution is 2.30. The van der Waals surface area contributed by atoms with Crippen LogP contribution < -0.4 is 0 Å². The average Bonchev–Trinajstić information content (AvgIpc) is 2.08. The summed E-state index contributed by atoms with van der Waals surface area (Å²) in [5, 5.41) is 0. The molecule has 0 fully saturated rings. The van der Waals surface area contributed by atoms with Gasteiger partial charge in [-0.2, -0.15) is 0 Å². The Labute approximate surface area is 121 Å². The molecule has 0 N–H and O–H groups in total. The SMILES string of the molecule is CC(C)(C)COC(C)(C)COC(C)(C)CC(C)(C)C. The predicted molar refractivity (Wildman–Crippen MR) is 83.6 cm³/mol. The zero-order chi connectivity index (χ0) is 15.5. The first-order valence-electron chi connectivity index (χ1n) is 7.40. The lowest BCUT2D eigenvalue weighted by Crippen LogP contribution is -2.39. The van der Waals surface area contributed by atoms with E-state index >= 15 is 0 Å². The Morgan fingerprint density at radius 3 is 1.32 bits per heavy atom. The number of ether oxygens (including phenoxy) is 2. The zero-order valence-corrected chi connectivity index (χ0v) is 14.9. The second-order valence-corrected chi connectivity index (χ2v) is 9.39. The van der Waals surface area contributed by atoms with E-state index in [0.29, 0.717) is 6.61 Å². The van der Waals surface area contributed by atoms with Crippen LogP contribution in [-0.2, 0) is 9.47 Å². The van der Waals surface area contributed by atoms with Crippen molar-refractivity contribution in [1.82, 2.24) is 0 Å². The van der Waals surface area contributed by atoms with Crippen LogP contribution in [0.1, 0.15) is 75.7 Å². The Kier molecular flexibility index (Phi) is 6.11. The second kappa shape index (κ2) is 6.13. The fraction of sp³-hybridized carbons (Fsp3) is 1.00. The van der Waals surface area contributed by atoms with Crippen LogP contribution in [0.15, 0.2) is 0 Å². The standard InChI is InChI=1S/C17H36O2/c1-14(2,3)11-16(7,8)19-13-17(9,10)18-12-15(4,5)6/h11-13H2,1-10H3. The summed E-state index contributed by atoms with van der Waals surface area (Å²) in [5.41, 5.74) is 0.126. The molecule has 0 heterocycles. The van der Waals surface area contributed by atoms with Crippen molar-refractivity contribution in [2.45, 2.75) is 86.9 Å². The van der Waals surface area contributed by atoms with Gasteiger partial charge in [-0.05, 0) is 44.9 Å². The van der Waals surface area contributed by atoms with E-state index in [0.717, 1.165) is 13.0 Å². The number of rotatable bonds is 6. The molecule has 2 heteroatoms. The highest BCUT2D eigenvalue weighted by molar-refractivity contribution is 4.79. The van der Waals surface area contributed by atoms with Crippen molar-refractivity contribution in [1.29, 1.82) is 0 Å². The van der Waals surface area contributed by atoms with Gasteiger partial charge < -0.3 is 9.47 Å². The Bertz CT molecular complexity index is 264. The maximum atomic E-state index is 6.11. The fourth-order valence-corrected chi connectivity index (χ4v) is 2.15. The van der Waals surface area contributed by atoms with Gasteiger partial charge in [0, 0.05) is 0 Å². The third-order valence-corrected chi connectivity index (χ3v) is 2.66. The minimum Gasteiger partial charge on any atom is -0.373 e. The van der Waals surface area contributed by atoms with Gasteiger partial charge in [-0.3, -0.25) is 0 Å². The molecule has 0 aromatic heterocycles. The first-order valence-corrected chi connectivity index (χ1v) is 7.40. The van der Waals surface area contributed by atoms with E-state index in [-0.39, 0.29) is 22.0 Å². The molecule has 0 aromatic rings. The molecule has 0 aromatic carbocycles. The minimum absolute atomic E-state index is 0.111. The molecule has 0 radical (unpaired) electrons. The van der Waals surface area contributed by atoms with Crippen LogP contribution in [0.25, 0.3) is 0 Å². The van der Waals surface area contributed by atoms with Crippen LogP contribution in [-0.4, -0.2) is 24.4 Å². The van der Waals surface area contributed by atoms with Gasteiger partial charge >= 0.3 is 0 Å². The van der Waals surface area contributed by atoms with Crippen LogP contribution in [0.2, 0.25) is 0 Å². The Hall–Kier alpha value is -0.0800. The molecule has 0 unspecified atom stereocenters. The summed E-state index contributed by atoms with van der Waals surface area (Å²) < 4.78 is 12.1. The van der Waals surface area contributed by atoms with E-state index < -0.39 is 0 Å². The monoisotopic (exact) mass is 272 g/mol. The quantitative estimate of drug-likeness (QED) is 0.673. The van der Waals surface area contributed by atoms with Crippen molar-refractivity contribution in [2.75, 3.05) is 13.2 Å². The molecule has 0 aliphatic carbocycles. The minimum atomic E-state index is -0.234. The van der Waals surface area contributed by atoms with E-state index in [1.807, 2.05) is 0 Å². The van der Waals surface area contributed by atoms with Gasteiger partial charge in [0.25, 0.3) is 0 Å². The molecule has 116 valence electrons. The summed E-state index contributed by atoms with van der Waals surface area (Å²) in [6.07, 6.45) is 1.04. The zero-order valence-electron chi connectivity index (χ0n) is 14.9. The van der Waals surface area contributed by atoms with E-state index in [4.69, 9.17) is 9.47 Å². The van der Waals surface area contributed by atoms with Crippen molar-refractivity contribution in [3.63, 3.8) is 0 Å². The van der Waals surface area contributed by atoms with Crippen molar-refractivity contribution in [2.24, 2.45) is 10.8 Å². The third kappa shape index (κ3) is 11.4. The normalized spacial score (nSPS) is 14.8. The van der Waals surface area contributed by atoms with Gasteiger partial charge in [-0.25, -0.2) is 0 Å². The average molecular weight is 272 g/mol. The predicted octanol–water partition coefficient (Wildman–Crippen LogP) is 5.06. The molecule has 0 rings (SSSR count). The summed E-state index contributed by atoms with van der Waals surface area (Å²) in [4.78, 5) is 0. The van der Waals surface area contributed by atoms with Crippen molar-refractivity contribution < 1.29 is 9.47 Å². The van der Waals surface area contributed by atoms with E-state index in [1.54, 1.807) is 0 Å². The summed E-state index contributed by atoms with van der Waals surface area (Å²) in [6.45, 7) is 23.2. The first kappa shape index (κ1) is 18.9. The molecule has 0 saturated carbocycles. The molecule has 0 aliphatic heterocycles. The lowest BCUT2D eigenvalue weighted by molar-refractivity contribution is -0.139. The lowest BCUT2D eigenvalue weighted by Gasteiger charge is -2.36. The number of hydrogen-bond donors (Lipinski definition) is 0. The summed E-state index contributed by atoms with van der Waals surface area (Å²) in [7, 11) is 0. The number of hydrogen-bond acceptors (Lipinski definition) is 2. The van der Waals surface area contributed by atoms with E-state index in [2.05, 4.69) is 69.2 Å². The van der Waals surface area contributed by atoms with Gasteiger partial charge in [-0.1, -0.05) is 41.5 Å². The molecular formula is C17H36O2. The van der Waals surface area contributed by atoms with Crippen LogP contribution in [0.5, 0.6) is 0 Å². The van der Waals surface area contributed by atoms with Gasteiger partial charge in [0.1, 0.15) is 0 Å². The largest absolute Gasteiger partial charge is 0.373 e. The molecule has 0 spiro atoms. The van der Waals surface area contributed by atoms with Crippen LogP contribution in [0.3, 0.4) is 0 Å². The maximum absolute atomic E-state index is 6.11. The Morgan fingerprint density at radius 2 is 0.947 bits per heavy atom. The lowest BCUT2D eigenvalue weighted by atomic mass is 9.83. The van der Waals surface area contributed by atoms with Gasteiger partial charge in [0.05, 0.1) is 24.4 Å². The van der Waals surface area contributed by atoms with E-state index in [9.17, 15) is 0 Å². The molecule has 0 aliphatic rings. The molecular weight excluding hydrogens is 236 g/mol. The maximum Gasteiger partial charge on any atom is 0.0859 e. The molecule has 0 bridgehead atoms. The fourth-order valence-electron chi connectivity index (χ4n) is 2.15. The van der Waals surface area contributed by atoms with Crippen molar-refractivity contribution >= 4 is 0 Å². The van der Waals surface area contributed by atoms with Crippen molar-refractivity contribution in [3.8, 4) is 0 Å². The molecule has 0 saturated heterocycles. The van der Waals surface area contributed by atoms with Crippen LogP contribution in [0.4, 0.5) is 0 Å². The highest BCUT2D eigenvalue weighted by Gasteiger charge is 2.30. The molecule has 2 nitrogen and oxygen atoms in total. The molecule has 0 atom stereocenters. The third-order valence-electron chi connectivity index (χ3n) is 2.66. The van der Waals surface area contributed by atoms with Gasteiger partial charge in [0.15, 0.2) is 0 Å². The smallest absolute Gasteiger partial charge is 0.0859 e. The topological polar surface area (TPSA) is 18.5 Å². The Morgan fingerprint density at radius 1 is 0.526 bits per heavy atom. The summed E-state index contributed by atoms with van der Waals surface area (Å²) >= 11 is 0. The van der Waals surface area contributed by atoms with Gasteiger partial charge in [0.2, 0.25) is 0 Å². The van der Waals surface area contributed by atoms with Gasteiger partial charge in [-0.15, -0.1) is 0 Å². The highest BCUT2D eigenvalue weighted by atomic mass is 16.6. The Balaban J connectivity index is 4.29. The molecule has 0 amide bonds. The summed E-state index contributed by atoms with van der Waals surface area (Å²) in [5.74, 6) is 0. The first-order chi connectivity index (χ1) is 8.12.